The van der Waals surface area contributed by atoms with Gasteiger partial charge in [-0.3, -0.25) is 4.79 Å². The number of ether oxygens (including phenoxy) is 2. The van der Waals surface area contributed by atoms with Gasteiger partial charge >= 0.3 is 12.9 Å². The highest BCUT2D eigenvalue weighted by atomic mass is 28.3. The van der Waals surface area contributed by atoms with E-state index in [2.05, 4.69) is 35.2 Å². The average Bonchev–Trinajstić information content (AvgIpc) is 3.00. The molecular formula is C15H29BF3N4O3Si-. The molecule has 0 fully saturated rings. The fourth-order valence-electron chi connectivity index (χ4n) is 2.78. The van der Waals surface area contributed by atoms with Gasteiger partial charge in [0.15, 0.2) is 5.82 Å². The van der Waals surface area contributed by atoms with E-state index in [1.807, 2.05) is 0 Å². The molecule has 0 unspecified atom stereocenters. The van der Waals surface area contributed by atoms with Gasteiger partial charge in [0.2, 0.25) is 0 Å². The van der Waals surface area contributed by atoms with E-state index in [-0.39, 0.29) is 19.0 Å². The van der Waals surface area contributed by atoms with E-state index in [0.717, 1.165) is 6.04 Å². The van der Waals surface area contributed by atoms with E-state index in [0.29, 0.717) is 13.0 Å². The quantitative estimate of drug-likeness (QED) is 0.299. The van der Waals surface area contributed by atoms with Gasteiger partial charge in [0, 0.05) is 20.6 Å². The predicted octanol–water partition coefficient (Wildman–Crippen LogP) is 3.51. The SMILES string of the molecule is CCC[C@H](C(=O)OC)[C@H](C[B-](F)(F)F)c1nnnn1COCC[Si](C)(C)C. The fraction of sp³-hybridized carbons (Fsp3) is 0.867. The third-order valence-electron chi connectivity index (χ3n) is 4.21. The molecule has 1 rings (SSSR count). The maximum absolute atomic E-state index is 13.2. The van der Waals surface area contributed by atoms with Crippen LogP contribution in [0.5, 0.6) is 0 Å². The van der Waals surface area contributed by atoms with Gasteiger partial charge in [-0.1, -0.05) is 39.3 Å². The van der Waals surface area contributed by atoms with E-state index in [4.69, 9.17) is 9.47 Å². The van der Waals surface area contributed by atoms with Crippen molar-refractivity contribution in [3.8, 4) is 0 Å². The van der Waals surface area contributed by atoms with E-state index in [1.165, 1.54) is 11.8 Å². The van der Waals surface area contributed by atoms with Crippen LogP contribution in [0.4, 0.5) is 12.9 Å². The van der Waals surface area contributed by atoms with Crippen LogP contribution in [0.2, 0.25) is 32.0 Å². The van der Waals surface area contributed by atoms with Crippen LogP contribution in [0.15, 0.2) is 0 Å². The van der Waals surface area contributed by atoms with Gasteiger partial charge in [-0.15, -0.1) is 5.10 Å². The van der Waals surface area contributed by atoms with Crippen molar-refractivity contribution in [2.45, 2.75) is 64.4 Å². The highest BCUT2D eigenvalue weighted by Gasteiger charge is 2.39. The molecule has 156 valence electrons. The second-order valence-corrected chi connectivity index (χ2v) is 13.5. The second-order valence-electron chi connectivity index (χ2n) is 7.86. The summed E-state index contributed by atoms with van der Waals surface area (Å²) in [6.45, 7) is 3.69. The molecule has 0 aliphatic heterocycles. The van der Waals surface area contributed by atoms with E-state index in [9.17, 15) is 17.7 Å². The largest absolute Gasteiger partial charge is 0.479 e. The number of rotatable bonds is 12. The van der Waals surface area contributed by atoms with Crippen LogP contribution in [-0.2, 0) is 21.0 Å². The third-order valence-corrected chi connectivity index (χ3v) is 5.92. The van der Waals surface area contributed by atoms with Gasteiger partial charge in [-0.2, -0.15) is 0 Å². The first-order valence-corrected chi connectivity index (χ1v) is 12.8. The van der Waals surface area contributed by atoms with Gasteiger partial charge in [-0.25, -0.2) is 4.68 Å². The standard InChI is InChI=1S/C15H29BF3N4O3Si/c1-6-7-12(15(24)25-2)13(10-16(17,18)19)14-20-21-22-23(14)11-26-8-9-27(3,4)5/h12-13H,6-11H2,1-5H3/q-1/t12-,13-/m0/s1. The Bertz CT molecular complexity index is 596. The summed E-state index contributed by atoms with van der Waals surface area (Å²) < 4.78 is 51.2. The van der Waals surface area contributed by atoms with E-state index < -0.39 is 39.2 Å². The zero-order valence-corrected chi connectivity index (χ0v) is 17.6. The second kappa shape index (κ2) is 10.2. The van der Waals surface area contributed by atoms with Crippen LogP contribution >= 0.6 is 0 Å². The van der Waals surface area contributed by atoms with Crippen molar-refractivity contribution in [2.24, 2.45) is 5.92 Å². The van der Waals surface area contributed by atoms with Crippen molar-refractivity contribution >= 4 is 21.0 Å². The lowest BCUT2D eigenvalue weighted by Gasteiger charge is -2.28. The summed E-state index contributed by atoms with van der Waals surface area (Å²) in [5.41, 5.74) is 0. The molecule has 0 N–H and O–H groups in total. The summed E-state index contributed by atoms with van der Waals surface area (Å²) in [6, 6.07) is 0.917. The summed E-state index contributed by atoms with van der Waals surface area (Å²) in [4.78, 5) is 12.1. The van der Waals surface area contributed by atoms with Crippen LogP contribution in [0.25, 0.3) is 0 Å². The van der Waals surface area contributed by atoms with Crippen LogP contribution in [0, 0.1) is 5.92 Å². The minimum Gasteiger partial charge on any atom is -0.469 e. The Morgan fingerprint density at radius 3 is 2.48 bits per heavy atom. The lowest BCUT2D eigenvalue weighted by molar-refractivity contribution is -0.146. The number of hydrogen-bond donors (Lipinski definition) is 0. The Kier molecular flexibility index (Phi) is 8.93. The van der Waals surface area contributed by atoms with Gasteiger partial charge in [-0.05, 0) is 22.9 Å². The maximum atomic E-state index is 13.2. The molecule has 1 heterocycles. The minimum absolute atomic E-state index is 0.00561. The monoisotopic (exact) mass is 409 g/mol. The third kappa shape index (κ3) is 8.41. The van der Waals surface area contributed by atoms with Gasteiger partial charge in [0.05, 0.1) is 13.0 Å². The van der Waals surface area contributed by atoms with Crippen LogP contribution < -0.4 is 0 Å². The molecule has 2 atom stereocenters. The molecule has 27 heavy (non-hydrogen) atoms. The Hall–Kier alpha value is -1.43. The van der Waals surface area contributed by atoms with Crippen molar-refractivity contribution in [3.63, 3.8) is 0 Å². The summed E-state index contributed by atoms with van der Waals surface area (Å²) in [5.74, 6) is -2.84. The molecule has 0 saturated heterocycles. The Morgan fingerprint density at radius 2 is 1.96 bits per heavy atom. The van der Waals surface area contributed by atoms with Gasteiger partial charge in [0.1, 0.15) is 6.73 Å². The number of methoxy groups -OCH3 is 1. The normalized spacial score (nSPS) is 14.8. The van der Waals surface area contributed by atoms with Crippen molar-refractivity contribution in [3.05, 3.63) is 5.82 Å². The molecule has 1 aromatic heterocycles. The number of tetrazole rings is 1. The molecule has 7 nitrogen and oxygen atoms in total. The smallest absolute Gasteiger partial charge is 0.469 e. The Balaban J connectivity index is 3.02. The van der Waals surface area contributed by atoms with E-state index >= 15 is 0 Å². The topological polar surface area (TPSA) is 79.1 Å². The summed E-state index contributed by atoms with van der Waals surface area (Å²) in [6.07, 6.45) is -0.350. The zero-order valence-electron chi connectivity index (χ0n) is 16.6. The molecule has 0 bridgehead atoms. The molecule has 0 amide bonds. The highest BCUT2D eigenvalue weighted by molar-refractivity contribution is 6.76. The van der Waals surface area contributed by atoms with Crippen LogP contribution in [0.3, 0.4) is 0 Å². The molecule has 0 saturated carbocycles. The number of halogens is 3. The Morgan fingerprint density at radius 1 is 1.30 bits per heavy atom. The number of nitrogens with zero attached hydrogens (tertiary/aromatic N) is 4. The van der Waals surface area contributed by atoms with Crippen molar-refractivity contribution in [1.82, 2.24) is 20.2 Å². The molecule has 0 aromatic carbocycles. The number of carbonyl (C=O) groups is 1. The number of esters is 1. The number of hydrogen-bond acceptors (Lipinski definition) is 6. The summed E-state index contributed by atoms with van der Waals surface area (Å²) in [5, 5.41) is 11.0. The highest BCUT2D eigenvalue weighted by Crippen LogP contribution is 2.36. The lowest BCUT2D eigenvalue weighted by Crippen LogP contribution is -2.31. The molecular weight excluding hydrogens is 380 g/mol. The first-order chi connectivity index (χ1) is 12.5. The number of carbonyl (C=O) groups excluding carboxylic acids is 1. The molecule has 0 aliphatic carbocycles. The van der Waals surface area contributed by atoms with Crippen LogP contribution in [0.1, 0.15) is 31.5 Å². The fourth-order valence-corrected chi connectivity index (χ4v) is 3.54. The van der Waals surface area contributed by atoms with E-state index in [1.54, 1.807) is 6.92 Å². The minimum atomic E-state index is -5.14. The lowest BCUT2D eigenvalue weighted by atomic mass is 9.71. The summed E-state index contributed by atoms with van der Waals surface area (Å²) >= 11 is 0. The molecule has 1 aromatic rings. The zero-order chi connectivity index (χ0) is 20.7. The molecule has 12 heteroatoms. The summed E-state index contributed by atoms with van der Waals surface area (Å²) in [7, 11) is -0.118. The van der Waals surface area contributed by atoms with Gasteiger partial charge in [0.25, 0.3) is 0 Å². The number of aromatic nitrogens is 4. The first-order valence-electron chi connectivity index (χ1n) is 9.11. The molecule has 0 spiro atoms. The van der Waals surface area contributed by atoms with Crippen LogP contribution in [-0.4, -0.2) is 54.9 Å². The predicted molar refractivity (Wildman–Crippen MR) is 99.0 cm³/mol. The first kappa shape index (κ1) is 23.6. The van der Waals surface area contributed by atoms with Gasteiger partial charge < -0.3 is 22.4 Å². The molecule has 0 aliphatic rings. The van der Waals surface area contributed by atoms with Crippen molar-refractivity contribution < 1.29 is 27.2 Å². The molecule has 0 radical (unpaired) electrons. The average molecular weight is 409 g/mol. The maximum Gasteiger partial charge on any atom is 0.479 e. The Labute approximate surface area is 159 Å². The van der Waals surface area contributed by atoms with Crippen molar-refractivity contribution in [2.75, 3.05) is 13.7 Å². The van der Waals surface area contributed by atoms with Crippen molar-refractivity contribution in [1.29, 1.82) is 0 Å².